The number of benzene rings is 1. The highest BCUT2D eigenvalue weighted by Crippen LogP contribution is 2.28. The van der Waals surface area contributed by atoms with Crippen molar-refractivity contribution in [1.29, 1.82) is 0 Å². The van der Waals surface area contributed by atoms with Gasteiger partial charge in [0.1, 0.15) is 5.60 Å². The summed E-state index contributed by atoms with van der Waals surface area (Å²) in [7, 11) is 0. The smallest absolute Gasteiger partial charge is 0.410 e. The van der Waals surface area contributed by atoms with Crippen LogP contribution < -0.4 is 0 Å². The fraction of sp³-hybridized carbons (Fsp3) is 0.500. The predicted molar refractivity (Wildman–Crippen MR) is 80.3 cm³/mol. The molecule has 0 radical (unpaired) electrons. The molecule has 0 bridgehead atoms. The number of hydrogen-bond donors (Lipinski definition) is 1. The number of halogens is 2. The minimum Gasteiger partial charge on any atom is -0.477 e. The molecule has 1 aromatic carbocycles. The Balaban J connectivity index is 2.84. The van der Waals surface area contributed by atoms with Crippen molar-refractivity contribution < 1.29 is 28.2 Å². The molecule has 0 heterocycles. The number of hydrogen-bond acceptors (Lipinski definition) is 3. The van der Waals surface area contributed by atoms with E-state index in [1.54, 1.807) is 27.7 Å². The first-order valence-electron chi connectivity index (χ1n) is 7.16. The molecule has 1 aromatic rings. The van der Waals surface area contributed by atoms with E-state index in [4.69, 9.17) is 9.84 Å². The molecular weight excluding hydrogens is 308 g/mol. The third-order valence-electron chi connectivity index (χ3n) is 2.99. The Labute approximate surface area is 133 Å². The molecule has 0 atom stereocenters. The molecule has 7 heteroatoms. The predicted octanol–water partition coefficient (Wildman–Crippen LogP) is 3.62. The standard InChI is InChI=1S/C16H21F2NO4/c1-5-19(14(22)23-15(2,3)4)10-11-6-8-12(9-7-11)16(17,18)13(20)21/h6-9H,5,10H2,1-4H3,(H,20,21). The van der Waals surface area contributed by atoms with Crippen molar-refractivity contribution >= 4 is 12.1 Å². The van der Waals surface area contributed by atoms with Gasteiger partial charge in [0.2, 0.25) is 0 Å². The van der Waals surface area contributed by atoms with Crippen molar-refractivity contribution in [3.05, 3.63) is 35.4 Å². The average molecular weight is 329 g/mol. The monoisotopic (exact) mass is 329 g/mol. The van der Waals surface area contributed by atoms with E-state index in [0.717, 1.165) is 12.1 Å². The summed E-state index contributed by atoms with van der Waals surface area (Å²) in [5, 5.41) is 8.51. The summed E-state index contributed by atoms with van der Waals surface area (Å²) in [5.41, 5.74) is -0.630. The highest BCUT2D eigenvalue weighted by molar-refractivity contribution is 5.77. The maximum atomic E-state index is 13.4. The van der Waals surface area contributed by atoms with E-state index in [-0.39, 0.29) is 6.54 Å². The first-order chi connectivity index (χ1) is 10.5. The Morgan fingerprint density at radius 3 is 2.09 bits per heavy atom. The summed E-state index contributed by atoms with van der Waals surface area (Å²) < 4.78 is 32.0. The zero-order valence-corrected chi connectivity index (χ0v) is 13.6. The average Bonchev–Trinajstić information content (AvgIpc) is 2.43. The number of amides is 1. The molecule has 1 rings (SSSR count). The molecule has 0 aliphatic carbocycles. The SMILES string of the molecule is CCN(Cc1ccc(C(F)(F)C(=O)O)cc1)C(=O)OC(C)(C)C. The van der Waals surface area contributed by atoms with Crippen LogP contribution in [0.25, 0.3) is 0 Å². The van der Waals surface area contributed by atoms with Gasteiger partial charge in [-0.3, -0.25) is 0 Å². The van der Waals surface area contributed by atoms with Gasteiger partial charge in [-0.1, -0.05) is 24.3 Å². The van der Waals surface area contributed by atoms with Gasteiger partial charge in [-0.05, 0) is 33.3 Å². The number of carboxylic acid groups (broad SMARTS) is 1. The maximum absolute atomic E-state index is 13.4. The molecule has 0 spiro atoms. The lowest BCUT2D eigenvalue weighted by atomic mass is 10.1. The lowest BCUT2D eigenvalue weighted by molar-refractivity contribution is -0.166. The molecule has 0 aliphatic rings. The Morgan fingerprint density at radius 2 is 1.70 bits per heavy atom. The van der Waals surface area contributed by atoms with Crippen LogP contribution in [0.3, 0.4) is 0 Å². The fourth-order valence-electron chi connectivity index (χ4n) is 1.80. The lowest BCUT2D eigenvalue weighted by Gasteiger charge is -2.26. The Morgan fingerprint density at radius 1 is 1.17 bits per heavy atom. The zero-order valence-electron chi connectivity index (χ0n) is 13.6. The number of aliphatic carboxylic acids is 1. The summed E-state index contributed by atoms with van der Waals surface area (Å²) in [6, 6.07) is 4.84. The van der Waals surface area contributed by atoms with Crippen LogP contribution in [0.15, 0.2) is 24.3 Å². The van der Waals surface area contributed by atoms with Gasteiger partial charge in [0.15, 0.2) is 0 Å². The highest BCUT2D eigenvalue weighted by atomic mass is 19.3. The maximum Gasteiger partial charge on any atom is 0.410 e. The van der Waals surface area contributed by atoms with E-state index in [1.165, 1.54) is 17.0 Å². The zero-order chi connectivity index (χ0) is 17.8. The number of ether oxygens (including phenoxy) is 1. The molecular formula is C16H21F2NO4. The second-order valence-corrected chi connectivity index (χ2v) is 6.07. The van der Waals surface area contributed by atoms with Gasteiger partial charge in [0.25, 0.3) is 0 Å². The molecule has 23 heavy (non-hydrogen) atoms. The molecule has 0 aliphatic heterocycles. The van der Waals surface area contributed by atoms with E-state index >= 15 is 0 Å². The van der Waals surface area contributed by atoms with Crippen molar-refractivity contribution in [2.24, 2.45) is 0 Å². The largest absolute Gasteiger partial charge is 0.477 e. The van der Waals surface area contributed by atoms with Crippen LogP contribution in [0.5, 0.6) is 0 Å². The molecule has 1 amide bonds. The fourth-order valence-corrected chi connectivity index (χ4v) is 1.80. The van der Waals surface area contributed by atoms with Crippen LogP contribution in [-0.4, -0.2) is 34.2 Å². The van der Waals surface area contributed by atoms with Crippen molar-refractivity contribution in [3.8, 4) is 0 Å². The van der Waals surface area contributed by atoms with Crippen LogP contribution in [0.1, 0.15) is 38.8 Å². The van der Waals surface area contributed by atoms with Crippen LogP contribution in [0, 0.1) is 0 Å². The van der Waals surface area contributed by atoms with Crippen molar-refractivity contribution in [2.45, 2.75) is 45.8 Å². The van der Waals surface area contributed by atoms with Gasteiger partial charge >= 0.3 is 18.0 Å². The number of nitrogens with zero attached hydrogens (tertiary/aromatic N) is 1. The summed E-state index contributed by atoms with van der Waals surface area (Å²) in [6.07, 6.45) is -0.500. The molecule has 1 N–H and O–H groups in total. The third-order valence-corrected chi connectivity index (χ3v) is 2.99. The van der Waals surface area contributed by atoms with Gasteiger partial charge in [-0.25, -0.2) is 9.59 Å². The first-order valence-corrected chi connectivity index (χ1v) is 7.16. The van der Waals surface area contributed by atoms with Gasteiger partial charge in [0.05, 0.1) is 0 Å². The number of rotatable bonds is 5. The van der Waals surface area contributed by atoms with Crippen LogP contribution in [-0.2, 0) is 22.0 Å². The van der Waals surface area contributed by atoms with Gasteiger partial charge < -0.3 is 14.7 Å². The molecule has 0 aromatic heterocycles. The molecule has 0 saturated heterocycles. The third kappa shape index (κ3) is 5.19. The first kappa shape index (κ1) is 18.9. The lowest BCUT2D eigenvalue weighted by Crippen LogP contribution is -2.36. The normalized spacial score (nSPS) is 11.9. The number of carbonyl (C=O) groups excluding carboxylic acids is 1. The summed E-state index contributed by atoms with van der Waals surface area (Å²) in [6.45, 7) is 7.60. The van der Waals surface area contributed by atoms with E-state index in [9.17, 15) is 18.4 Å². The van der Waals surface area contributed by atoms with Crippen molar-refractivity contribution in [2.75, 3.05) is 6.54 Å². The summed E-state index contributed by atoms with van der Waals surface area (Å²) in [4.78, 5) is 24.0. The molecule has 0 fully saturated rings. The van der Waals surface area contributed by atoms with Crippen molar-refractivity contribution in [1.82, 2.24) is 4.90 Å². The summed E-state index contributed by atoms with van der Waals surface area (Å²) >= 11 is 0. The van der Waals surface area contributed by atoms with E-state index < -0.39 is 29.1 Å². The van der Waals surface area contributed by atoms with E-state index in [1.807, 2.05) is 0 Å². The molecule has 0 unspecified atom stereocenters. The van der Waals surface area contributed by atoms with E-state index in [0.29, 0.717) is 12.1 Å². The van der Waals surface area contributed by atoms with E-state index in [2.05, 4.69) is 0 Å². The van der Waals surface area contributed by atoms with Gasteiger partial charge in [-0.2, -0.15) is 8.78 Å². The van der Waals surface area contributed by atoms with Gasteiger partial charge in [-0.15, -0.1) is 0 Å². The minimum absolute atomic E-state index is 0.185. The van der Waals surface area contributed by atoms with Crippen molar-refractivity contribution in [3.63, 3.8) is 0 Å². The van der Waals surface area contributed by atoms with Gasteiger partial charge in [0, 0.05) is 18.7 Å². The number of alkyl halides is 2. The quantitative estimate of drug-likeness (QED) is 0.896. The second-order valence-electron chi connectivity index (χ2n) is 6.07. The topological polar surface area (TPSA) is 66.8 Å². The van der Waals surface area contributed by atoms with Crippen LogP contribution in [0.2, 0.25) is 0 Å². The number of carboxylic acids is 1. The van der Waals surface area contributed by atoms with Crippen LogP contribution in [0.4, 0.5) is 13.6 Å². The Kier molecular flexibility index (Phi) is 5.69. The molecule has 5 nitrogen and oxygen atoms in total. The Hall–Kier alpha value is -2.18. The summed E-state index contributed by atoms with van der Waals surface area (Å²) in [5.74, 6) is -6.14. The van der Waals surface area contributed by atoms with Crippen LogP contribution >= 0.6 is 0 Å². The molecule has 0 saturated carbocycles. The minimum atomic E-state index is -3.94. The number of carbonyl (C=O) groups is 2. The second kappa shape index (κ2) is 6.93. The molecule has 128 valence electrons. The highest BCUT2D eigenvalue weighted by Gasteiger charge is 2.40. The Bertz CT molecular complexity index is 564.